The Morgan fingerprint density at radius 1 is 1.18 bits per heavy atom. The molecule has 0 bridgehead atoms. The molecule has 2 aromatic rings. The molecule has 3 nitrogen and oxygen atoms in total. The smallest absolute Gasteiger partial charge is 0.149 e. The van der Waals surface area contributed by atoms with Crippen LogP contribution in [0.4, 0.5) is 4.39 Å². The highest BCUT2D eigenvalue weighted by molar-refractivity contribution is 5.79. The number of benzene rings is 1. The van der Waals surface area contributed by atoms with E-state index in [2.05, 4.69) is 9.88 Å². The van der Waals surface area contributed by atoms with Crippen LogP contribution in [0.25, 0.3) is 10.9 Å². The molecule has 0 aliphatic rings. The Morgan fingerprint density at radius 3 is 2.50 bits per heavy atom. The number of fused-ring (bicyclic) bond motifs is 1. The first-order valence-electron chi connectivity index (χ1n) is 7.91. The van der Waals surface area contributed by atoms with E-state index in [0.29, 0.717) is 12.1 Å². The van der Waals surface area contributed by atoms with Crippen molar-refractivity contribution in [3.8, 4) is 0 Å². The third-order valence-electron chi connectivity index (χ3n) is 2.85. The molecular weight excluding hydrogens is 279 g/mol. The second kappa shape index (κ2) is 12.1. The van der Waals surface area contributed by atoms with Gasteiger partial charge in [-0.3, -0.25) is 9.88 Å². The van der Waals surface area contributed by atoms with Gasteiger partial charge >= 0.3 is 0 Å². The average Bonchev–Trinajstić information content (AvgIpc) is 2.57. The van der Waals surface area contributed by atoms with Crippen LogP contribution >= 0.6 is 0 Å². The molecule has 124 valence electrons. The molecule has 2 rings (SSSR count). The lowest BCUT2D eigenvalue weighted by atomic mass is 10.1. The molecule has 0 N–H and O–H groups in total. The van der Waals surface area contributed by atoms with Crippen LogP contribution in [0.3, 0.4) is 0 Å². The summed E-state index contributed by atoms with van der Waals surface area (Å²) >= 11 is 0. The average molecular weight is 308 g/mol. The minimum Gasteiger partial charge on any atom is -0.383 e. The van der Waals surface area contributed by atoms with Gasteiger partial charge < -0.3 is 4.74 Å². The van der Waals surface area contributed by atoms with Crippen molar-refractivity contribution in [1.82, 2.24) is 9.88 Å². The van der Waals surface area contributed by atoms with Crippen molar-refractivity contribution in [2.75, 3.05) is 27.3 Å². The number of hydrogen-bond acceptors (Lipinski definition) is 3. The van der Waals surface area contributed by atoms with Crippen molar-refractivity contribution < 1.29 is 9.13 Å². The maximum Gasteiger partial charge on any atom is 0.149 e. The van der Waals surface area contributed by atoms with Gasteiger partial charge in [0.2, 0.25) is 0 Å². The highest BCUT2D eigenvalue weighted by atomic mass is 19.1. The lowest BCUT2D eigenvalue weighted by molar-refractivity contribution is 0.158. The van der Waals surface area contributed by atoms with Crippen LogP contribution in [0.2, 0.25) is 0 Å². The molecule has 0 radical (unpaired) electrons. The van der Waals surface area contributed by atoms with Crippen LogP contribution in [0.1, 0.15) is 33.3 Å². The van der Waals surface area contributed by atoms with E-state index >= 15 is 0 Å². The molecule has 4 heteroatoms. The lowest BCUT2D eigenvalue weighted by Gasteiger charge is -2.16. The van der Waals surface area contributed by atoms with Gasteiger partial charge in [0.1, 0.15) is 11.3 Å². The van der Waals surface area contributed by atoms with Gasteiger partial charge in [-0.1, -0.05) is 39.8 Å². The van der Waals surface area contributed by atoms with E-state index in [1.54, 1.807) is 19.4 Å². The van der Waals surface area contributed by atoms with Gasteiger partial charge in [-0.15, -0.1) is 0 Å². The SMILES string of the molecule is CC.CC.COCCN(C)Cc1cnc2c(F)cccc2c1. The fraction of sp³-hybridized carbons (Fsp3) is 0.500. The van der Waals surface area contributed by atoms with Gasteiger partial charge in [0, 0.05) is 31.8 Å². The number of nitrogens with zero attached hydrogens (tertiary/aromatic N) is 2. The zero-order valence-corrected chi connectivity index (χ0v) is 14.7. The summed E-state index contributed by atoms with van der Waals surface area (Å²) in [5.41, 5.74) is 1.51. The second-order valence-corrected chi connectivity index (χ2v) is 4.39. The fourth-order valence-electron chi connectivity index (χ4n) is 1.89. The number of aromatic nitrogens is 1. The second-order valence-electron chi connectivity index (χ2n) is 4.39. The number of likely N-dealkylation sites (N-methyl/N-ethyl adjacent to an activating group) is 1. The Balaban J connectivity index is 0.00000102. The molecule has 0 aliphatic carbocycles. The quantitative estimate of drug-likeness (QED) is 0.813. The molecule has 0 amide bonds. The van der Waals surface area contributed by atoms with E-state index in [4.69, 9.17) is 4.74 Å². The van der Waals surface area contributed by atoms with E-state index in [9.17, 15) is 4.39 Å². The molecule has 1 aromatic carbocycles. The molecule has 0 fully saturated rings. The molecule has 0 saturated heterocycles. The Morgan fingerprint density at radius 2 is 1.86 bits per heavy atom. The lowest BCUT2D eigenvalue weighted by Crippen LogP contribution is -2.22. The summed E-state index contributed by atoms with van der Waals surface area (Å²) < 4.78 is 18.5. The zero-order valence-electron chi connectivity index (χ0n) is 14.7. The molecular formula is C18H29FN2O. The number of ether oxygens (including phenoxy) is 1. The molecule has 0 saturated carbocycles. The fourth-order valence-corrected chi connectivity index (χ4v) is 1.89. The van der Waals surface area contributed by atoms with E-state index in [1.165, 1.54) is 6.07 Å². The summed E-state index contributed by atoms with van der Waals surface area (Å²) in [4.78, 5) is 6.33. The van der Waals surface area contributed by atoms with Crippen molar-refractivity contribution in [3.05, 3.63) is 41.8 Å². The standard InChI is InChI=1S/C14H17FN2O.2C2H6/c1-17(6-7-18-2)10-11-8-12-4-3-5-13(15)14(12)16-9-11;2*1-2/h3-5,8-9H,6-7,10H2,1-2H3;2*1-2H3. The van der Waals surface area contributed by atoms with Crippen LogP contribution in [-0.4, -0.2) is 37.2 Å². The molecule has 0 aliphatic heterocycles. The van der Waals surface area contributed by atoms with E-state index < -0.39 is 0 Å². The molecule has 0 spiro atoms. The number of para-hydroxylation sites is 1. The first kappa shape index (κ1) is 20.5. The van der Waals surface area contributed by atoms with Crippen LogP contribution in [0.5, 0.6) is 0 Å². The third kappa shape index (κ3) is 6.50. The maximum atomic E-state index is 13.5. The summed E-state index contributed by atoms with van der Waals surface area (Å²) in [6.45, 7) is 10.3. The minimum atomic E-state index is -0.271. The summed E-state index contributed by atoms with van der Waals surface area (Å²) in [5.74, 6) is -0.271. The minimum absolute atomic E-state index is 0.271. The van der Waals surface area contributed by atoms with Gasteiger partial charge in [-0.05, 0) is 24.7 Å². The van der Waals surface area contributed by atoms with Crippen LogP contribution in [-0.2, 0) is 11.3 Å². The first-order chi connectivity index (χ1) is 10.7. The molecule has 22 heavy (non-hydrogen) atoms. The molecule has 0 unspecified atom stereocenters. The number of halogens is 1. The highest BCUT2D eigenvalue weighted by Crippen LogP contribution is 2.17. The Kier molecular flexibility index (Phi) is 11.2. The largest absolute Gasteiger partial charge is 0.383 e. The Bertz CT molecular complexity index is 531. The predicted octanol–water partition coefficient (Wildman–Crippen LogP) is 4.50. The van der Waals surface area contributed by atoms with Crippen LogP contribution in [0.15, 0.2) is 30.5 Å². The number of pyridine rings is 1. The molecule has 1 heterocycles. The summed E-state index contributed by atoms with van der Waals surface area (Å²) in [5, 5.41) is 0.840. The first-order valence-corrected chi connectivity index (χ1v) is 7.91. The van der Waals surface area contributed by atoms with Gasteiger partial charge in [0.25, 0.3) is 0 Å². The predicted molar refractivity (Wildman–Crippen MR) is 92.6 cm³/mol. The highest BCUT2D eigenvalue weighted by Gasteiger charge is 2.04. The van der Waals surface area contributed by atoms with Crippen LogP contribution in [0, 0.1) is 5.82 Å². The topological polar surface area (TPSA) is 25.4 Å². The number of rotatable bonds is 5. The summed E-state index contributed by atoms with van der Waals surface area (Å²) in [6, 6.07) is 7.00. The van der Waals surface area contributed by atoms with Crippen molar-refractivity contribution in [3.63, 3.8) is 0 Å². The Hall–Kier alpha value is -1.52. The normalized spacial score (nSPS) is 9.82. The zero-order chi connectivity index (χ0) is 17.0. The molecule has 1 aromatic heterocycles. The van der Waals surface area contributed by atoms with Crippen molar-refractivity contribution in [2.24, 2.45) is 0 Å². The monoisotopic (exact) mass is 308 g/mol. The molecule has 0 atom stereocenters. The van der Waals surface area contributed by atoms with Gasteiger partial charge in [0.05, 0.1) is 6.61 Å². The van der Waals surface area contributed by atoms with Crippen molar-refractivity contribution >= 4 is 10.9 Å². The number of methoxy groups -OCH3 is 1. The Labute approximate surface area is 134 Å². The van der Waals surface area contributed by atoms with Gasteiger partial charge in [0.15, 0.2) is 0 Å². The van der Waals surface area contributed by atoms with Crippen molar-refractivity contribution in [2.45, 2.75) is 34.2 Å². The van der Waals surface area contributed by atoms with Gasteiger partial charge in [-0.2, -0.15) is 0 Å². The van der Waals surface area contributed by atoms with Crippen LogP contribution < -0.4 is 0 Å². The third-order valence-corrected chi connectivity index (χ3v) is 2.85. The van der Waals surface area contributed by atoms with E-state index in [0.717, 1.165) is 24.0 Å². The summed E-state index contributed by atoms with van der Waals surface area (Å²) in [6.07, 6.45) is 1.73. The van der Waals surface area contributed by atoms with E-state index in [-0.39, 0.29) is 5.82 Å². The summed E-state index contributed by atoms with van der Waals surface area (Å²) in [7, 11) is 3.71. The number of hydrogen-bond donors (Lipinski definition) is 0. The van der Waals surface area contributed by atoms with Crippen molar-refractivity contribution in [1.29, 1.82) is 0 Å². The van der Waals surface area contributed by atoms with Gasteiger partial charge in [-0.25, -0.2) is 4.39 Å². The van der Waals surface area contributed by atoms with E-state index in [1.807, 2.05) is 46.9 Å². The maximum absolute atomic E-state index is 13.5.